The summed E-state index contributed by atoms with van der Waals surface area (Å²) in [5, 5.41) is 0. The molecule has 2 nitrogen and oxygen atoms in total. The van der Waals surface area contributed by atoms with Gasteiger partial charge in [-0.15, -0.1) is 0 Å². The van der Waals surface area contributed by atoms with E-state index in [-0.39, 0.29) is 17.0 Å². The third-order valence-electron chi connectivity index (χ3n) is 3.46. The highest BCUT2D eigenvalue weighted by atomic mass is 16.1. The molecule has 17 heavy (non-hydrogen) atoms. The van der Waals surface area contributed by atoms with Gasteiger partial charge in [-0.3, -0.25) is 9.59 Å². The maximum absolute atomic E-state index is 12.2. The van der Waals surface area contributed by atoms with E-state index >= 15 is 0 Å². The van der Waals surface area contributed by atoms with Crippen molar-refractivity contribution >= 4 is 11.6 Å². The van der Waals surface area contributed by atoms with Crippen LogP contribution in [0.15, 0.2) is 11.6 Å². The van der Waals surface area contributed by atoms with E-state index in [1.165, 1.54) is 0 Å². The number of carbonyl (C=O) groups is 2. The van der Waals surface area contributed by atoms with Gasteiger partial charge in [-0.25, -0.2) is 0 Å². The Morgan fingerprint density at radius 2 is 2.06 bits per heavy atom. The molecule has 0 spiro atoms. The van der Waals surface area contributed by atoms with Gasteiger partial charge in [0, 0.05) is 18.3 Å². The lowest BCUT2D eigenvalue weighted by Gasteiger charge is -2.34. The molecule has 1 atom stereocenters. The van der Waals surface area contributed by atoms with Gasteiger partial charge in [0.15, 0.2) is 5.78 Å². The minimum atomic E-state index is -0.212. The largest absolute Gasteiger partial charge is 0.300 e. The molecule has 1 unspecified atom stereocenters. The summed E-state index contributed by atoms with van der Waals surface area (Å²) in [4.78, 5) is 23.6. The van der Waals surface area contributed by atoms with Gasteiger partial charge in [0.05, 0.1) is 0 Å². The van der Waals surface area contributed by atoms with Gasteiger partial charge in [0.25, 0.3) is 0 Å². The molecule has 0 bridgehead atoms. The summed E-state index contributed by atoms with van der Waals surface area (Å²) in [5.74, 6) is 0.799. The topological polar surface area (TPSA) is 34.1 Å². The molecule has 1 rings (SSSR count). The summed E-state index contributed by atoms with van der Waals surface area (Å²) in [6.45, 7) is 7.80. The predicted octanol–water partition coefficient (Wildman–Crippen LogP) is 3.70. The zero-order valence-electron chi connectivity index (χ0n) is 11.5. The first kappa shape index (κ1) is 14.1. The number of rotatable bonds is 5. The van der Waals surface area contributed by atoms with E-state index in [0.29, 0.717) is 18.8 Å². The van der Waals surface area contributed by atoms with Crippen molar-refractivity contribution < 1.29 is 9.59 Å². The summed E-state index contributed by atoms with van der Waals surface area (Å²) < 4.78 is 0. The Morgan fingerprint density at radius 3 is 2.59 bits per heavy atom. The molecular weight excluding hydrogens is 212 g/mol. The molecule has 96 valence electrons. The maximum atomic E-state index is 12.2. The fourth-order valence-corrected chi connectivity index (χ4v) is 2.78. The lowest BCUT2D eigenvalue weighted by atomic mass is 9.69. The van der Waals surface area contributed by atoms with Crippen molar-refractivity contribution in [1.82, 2.24) is 0 Å². The zero-order valence-corrected chi connectivity index (χ0v) is 11.5. The summed E-state index contributed by atoms with van der Waals surface area (Å²) in [7, 11) is 0. The van der Waals surface area contributed by atoms with Gasteiger partial charge in [-0.05, 0) is 37.7 Å². The fraction of sp³-hybridized carbons (Fsp3) is 0.733. The first-order valence-corrected chi connectivity index (χ1v) is 6.58. The van der Waals surface area contributed by atoms with Crippen molar-refractivity contribution in [2.75, 3.05) is 0 Å². The summed E-state index contributed by atoms with van der Waals surface area (Å²) >= 11 is 0. The molecule has 0 radical (unpaired) electrons. The van der Waals surface area contributed by atoms with Gasteiger partial charge in [-0.1, -0.05) is 26.8 Å². The van der Waals surface area contributed by atoms with Crippen LogP contribution >= 0.6 is 0 Å². The second-order valence-electron chi connectivity index (χ2n) is 5.97. The highest BCUT2D eigenvalue weighted by molar-refractivity contribution is 5.97. The highest BCUT2D eigenvalue weighted by Gasteiger charge is 2.35. The minimum Gasteiger partial charge on any atom is -0.300 e. The zero-order chi connectivity index (χ0) is 13.1. The molecule has 0 fully saturated rings. The van der Waals surface area contributed by atoms with E-state index in [1.54, 1.807) is 6.92 Å². The van der Waals surface area contributed by atoms with Crippen LogP contribution in [-0.2, 0) is 9.59 Å². The van der Waals surface area contributed by atoms with Crippen LogP contribution in [0.5, 0.6) is 0 Å². The lowest BCUT2D eigenvalue weighted by molar-refractivity contribution is -0.120. The molecule has 0 heterocycles. The van der Waals surface area contributed by atoms with Crippen LogP contribution in [0.1, 0.15) is 59.8 Å². The Labute approximate surface area is 104 Å². The van der Waals surface area contributed by atoms with Gasteiger partial charge in [0.2, 0.25) is 0 Å². The molecule has 0 N–H and O–H groups in total. The van der Waals surface area contributed by atoms with Crippen molar-refractivity contribution in [2.45, 2.75) is 59.8 Å². The van der Waals surface area contributed by atoms with Gasteiger partial charge < -0.3 is 0 Å². The molecule has 0 aromatic heterocycles. The summed E-state index contributed by atoms with van der Waals surface area (Å²) in [6.07, 6.45) is 6.19. The van der Waals surface area contributed by atoms with Gasteiger partial charge in [-0.2, -0.15) is 0 Å². The Kier molecular flexibility index (Phi) is 4.67. The third kappa shape index (κ3) is 3.79. The fourth-order valence-electron chi connectivity index (χ4n) is 2.78. The Hall–Kier alpha value is -0.920. The molecule has 1 aliphatic carbocycles. The van der Waals surface area contributed by atoms with E-state index in [0.717, 1.165) is 24.8 Å². The van der Waals surface area contributed by atoms with E-state index in [1.807, 2.05) is 0 Å². The van der Waals surface area contributed by atoms with Crippen LogP contribution in [0, 0.1) is 11.3 Å². The van der Waals surface area contributed by atoms with Gasteiger partial charge in [0.1, 0.15) is 5.78 Å². The molecular formula is C15H24O2. The van der Waals surface area contributed by atoms with Crippen molar-refractivity contribution in [3.63, 3.8) is 0 Å². The molecule has 1 aliphatic rings. The molecule has 0 aromatic rings. The molecule has 0 amide bonds. The second-order valence-corrected chi connectivity index (χ2v) is 5.97. The number of hydrogen-bond donors (Lipinski definition) is 0. The Balaban J connectivity index is 2.89. The molecule has 0 aromatic carbocycles. The van der Waals surface area contributed by atoms with Crippen LogP contribution in [0.3, 0.4) is 0 Å². The number of ketones is 2. The average molecular weight is 236 g/mol. The normalized spacial score (nSPS) is 24.6. The Bertz CT molecular complexity index is 339. The van der Waals surface area contributed by atoms with Crippen molar-refractivity contribution in [1.29, 1.82) is 0 Å². The SMILES string of the molecule is CC(=O)CC1(C)CCCC=C1C(=O)CC(C)C. The van der Waals surface area contributed by atoms with E-state index in [2.05, 4.69) is 26.8 Å². The van der Waals surface area contributed by atoms with Crippen LogP contribution < -0.4 is 0 Å². The van der Waals surface area contributed by atoms with Crippen LogP contribution in [-0.4, -0.2) is 11.6 Å². The summed E-state index contributed by atoms with van der Waals surface area (Å²) in [6, 6.07) is 0. The van der Waals surface area contributed by atoms with Crippen LogP contribution in [0.4, 0.5) is 0 Å². The molecule has 0 aliphatic heterocycles. The van der Waals surface area contributed by atoms with E-state index < -0.39 is 0 Å². The Morgan fingerprint density at radius 1 is 1.41 bits per heavy atom. The third-order valence-corrected chi connectivity index (χ3v) is 3.46. The quantitative estimate of drug-likeness (QED) is 0.729. The van der Waals surface area contributed by atoms with Crippen molar-refractivity contribution in [3.8, 4) is 0 Å². The summed E-state index contributed by atoms with van der Waals surface area (Å²) in [5.41, 5.74) is 0.698. The van der Waals surface area contributed by atoms with Crippen LogP contribution in [0.25, 0.3) is 0 Å². The van der Waals surface area contributed by atoms with Crippen molar-refractivity contribution in [2.24, 2.45) is 11.3 Å². The molecule has 2 heteroatoms. The maximum Gasteiger partial charge on any atom is 0.159 e. The van der Waals surface area contributed by atoms with E-state index in [4.69, 9.17) is 0 Å². The first-order valence-electron chi connectivity index (χ1n) is 6.58. The monoisotopic (exact) mass is 236 g/mol. The van der Waals surface area contributed by atoms with E-state index in [9.17, 15) is 9.59 Å². The lowest BCUT2D eigenvalue weighted by Crippen LogP contribution is -2.30. The highest BCUT2D eigenvalue weighted by Crippen LogP contribution is 2.41. The smallest absolute Gasteiger partial charge is 0.159 e. The standard InChI is InChI=1S/C15H24O2/c1-11(2)9-14(17)13-7-5-6-8-15(13,4)10-12(3)16/h7,11H,5-6,8-10H2,1-4H3. The number of hydrogen-bond acceptors (Lipinski definition) is 2. The molecule has 0 saturated carbocycles. The average Bonchev–Trinajstić information content (AvgIpc) is 2.14. The van der Waals surface area contributed by atoms with Crippen LogP contribution in [0.2, 0.25) is 0 Å². The van der Waals surface area contributed by atoms with Crippen molar-refractivity contribution in [3.05, 3.63) is 11.6 Å². The first-order chi connectivity index (χ1) is 7.85. The molecule has 0 saturated heterocycles. The van der Waals surface area contributed by atoms with Gasteiger partial charge >= 0.3 is 0 Å². The number of carbonyl (C=O) groups excluding carboxylic acids is 2. The second kappa shape index (κ2) is 5.61. The predicted molar refractivity (Wildman–Crippen MR) is 69.8 cm³/mol. The minimum absolute atomic E-state index is 0.178. The number of allylic oxidation sites excluding steroid dienone is 2. The number of Topliss-reactive ketones (excluding diaryl/α,β-unsaturated/α-hetero) is 2.